The van der Waals surface area contributed by atoms with E-state index in [0.717, 1.165) is 5.69 Å². The van der Waals surface area contributed by atoms with Gasteiger partial charge in [-0.3, -0.25) is 9.89 Å². The Kier molecular flexibility index (Phi) is 3.70. The molecule has 0 aliphatic rings. The molecule has 5 heteroatoms. The Balaban J connectivity index is 2.62. The second kappa shape index (κ2) is 4.65. The molecule has 1 unspecified atom stereocenters. The number of carbonyl (C=O) groups is 1. The first kappa shape index (κ1) is 12.7. The summed E-state index contributed by atoms with van der Waals surface area (Å²) in [6, 6.07) is 1.71. The minimum Gasteiger partial charge on any atom is -0.327 e. The Morgan fingerprint density at radius 2 is 2.25 bits per heavy atom. The molecule has 0 bridgehead atoms. The predicted molar refractivity (Wildman–Crippen MR) is 64.2 cm³/mol. The van der Waals surface area contributed by atoms with Gasteiger partial charge in [0, 0.05) is 29.6 Å². The highest BCUT2D eigenvalue weighted by Crippen LogP contribution is 2.21. The molecule has 0 aliphatic heterocycles. The number of anilines is 1. The fourth-order valence-electron chi connectivity index (χ4n) is 1.26. The summed E-state index contributed by atoms with van der Waals surface area (Å²) in [5.74, 6) is 0.442. The molecule has 0 aromatic carbocycles. The highest BCUT2D eigenvalue weighted by Gasteiger charge is 2.17. The van der Waals surface area contributed by atoms with E-state index in [1.165, 1.54) is 0 Å². The number of aromatic amines is 1. The van der Waals surface area contributed by atoms with E-state index in [4.69, 9.17) is 5.73 Å². The molecule has 0 saturated heterocycles. The number of H-pyrrole nitrogens is 1. The summed E-state index contributed by atoms with van der Waals surface area (Å²) >= 11 is 0. The number of carbonyl (C=O) groups excluding carboxylic acids is 1. The van der Waals surface area contributed by atoms with Crippen molar-refractivity contribution in [3.05, 3.63) is 11.8 Å². The van der Waals surface area contributed by atoms with Crippen molar-refractivity contribution in [1.29, 1.82) is 0 Å². The fraction of sp³-hybridized carbons (Fsp3) is 0.636. The fourth-order valence-corrected chi connectivity index (χ4v) is 1.26. The Hall–Kier alpha value is -1.36. The summed E-state index contributed by atoms with van der Waals surface area (Å²) < 4.78 is 0. The molecule has 0 radical (unpaired) electrons. The molecule has 16 heavy (non-hydrogen) atoms. The zero-order valence-electron chi connectivity index (χ0n) is 10.3. The van der Waals surface area contributed by atoms with Crippen LogP contribution in [0.25, 0.3) is 0 Å². The second-order valence-corrected chi connectivity index (χ2v) is 5.15. The lowest BCUT2D eigenvalue weighted by Crippen LogP contribution is -2.24. The van der Waals surface area contributed by atoms with E-state index in [-0.39, 0.29) is 17.4 Å². The van der Waals surface area contributed by atoms with Crippen LogP contribution in [-0.2, 0) is 10.2 Å². The van der Waals surface area contributed by atoms with E-state index < -0.39 is 0 Å². The van der Waals surface area contributed by atoms with Crippen LogP contribution < -0.4 is 11.1 Å². The van der Waals surface area contributed by atoms with Crippen molar-refractivity contribution < 1.29 is 4.79 Å². The molecule has 1 aromatic rings. The van der Waals surface area contributed by atoms with E-state index >= 15 is 0 Å². The van der Waals surface area contributed by atoms with Crippen LogP contribution in [0, 0.1) is 0 Å². The van der Waals surface area contributed by atoms with Gasteiger partial charge in [0.2, 0.25) is 5.91 Å². The van der Waals surface area contributed by atoms with Crippen molar-refractivity contribution in [3.63, 3.8) is 0 Å². The minimum atomic E-state index is -0.138. The Morgan fingerprint density at radius 3 is 2.69 bits per heavy atom. The SMILES string of the molecule is CC(N)CC(=O)Nc1cc(C(C)(C)C)[nH]n1. The van der Waals surface area contributed by atoms with Crippen LogP contribution in [0.4, 0.5) is 5.82 Å². The zero-order chi connectivity index (χ0) is 12.3. The zero-order valence-corrected chi connectivity index (χ0v) is 10.3. The second-order valence-electron chi connectivity index (χ2n) is 5.15. The number of hydrogen-bond acceptors (Lipinski definition) is 3. The normalized spacial score (nSPS) is 13.6. The van der Waals surface area contributed by atoms with Gasteiger partial charge in [-0.1, -0.05) is 20.8 Å². The van der Waals surface area contributed by atoms with Gasteiger partial charge in [-0.05, 0) is 6.92 Å². The van der Waals surface area contributed by atoms with Crippen molar-refractivity contribution >= 4 is 11.7 Å². The van der Waals surface area contributed by atoms with Gasteiger partial charge in [-0.15, -0.1) is 0 Å². The highest BCUT2D eigenvalue weighted by molar-refractivity contribution is 5.90. The van der Waals surface area contributed by atoms with Gasteiger partial charge in [-0.25, -0.2) is 0 Å². The van der Waals surface area contributed by atoms with Gasteiger partial charge in [0.05, 0.1) is 0 Å². The molecule has 0 spiro atoms. The third kappa shape index (κ3) is 3.66. The van der Waals surface area contributed by atoms with Crippen LogP contribution in [0.3, 0.4) is 0 Å². The average Bonchev–Trinajstić information content (AvgIpc) is 2.49. The Labute approximate surface area is 95.8 Å². The smallest absolute Gasteiger partial charge is 0.227 e. The molecule has 1 rings (SSSR count). The summed E-state index contributed by atoms with van der Waals surface area (Å²) in [5, 5.41) is 9.65. The molecule has 1 aromatic heterocycles. The van der Waals surface area contributed by atoms with Crippen molar-refractivity contribution in [2.75, 3.05) is 5.32 Å². The predicted octanol–water partition coefficient (Wildman–Crippen LogP) is 1.38. The number of rotatable bonds is 3. The maximum absolute atomic E-state index is 11.4. The van der Waals surface area contributed by atoms with Crippen LogP contribution in [0.5, 0.6) is 0 Å². The number of nitrogens with one attached hydrogen (secondary N) is 2. The van der Waals surface area contributed by atoms with E-state index in [1.54, 1.807) is 6.92 Å². The lowest BCUT2D eigenvalue weighted by molar-refractivity contribution is -0.116. The largest absolute Gasteiger partial charge is 0.327 e. The molecule has 1 amide bonds. The first-order valence-corrected chi connectivity index (χ1v) is 5.40. The quantitative estimate of drug-likeness (QED) is 0.725. The van der Waals surface area contributed by atoms with Crippen LogP contribution in [0.2, 0.25) is 0 Å². The standard InChI is InChI=1S/C11H20N4O/c1-7(12)5-10(16)13-9-6-8(14-15-9)11(2,3)4/h6-7H,5,12H2,1-4H3,(H2,13,14,15,16). The summed E-state index contributed by atoms with van der Waals surface area (Å²) in [4.78, 5) is 11.4. The van der Waals surface area contributed by atoms with Gasteiger partial charge < -0.3 is 11.1 Å². The lowest BCUT2D eigenvalue weighted by Gasteiger charge is -2.14. The molecule has 90 valence electrons. The van der Waals surface area contributed by atoms with Gasteiger partial charge in [0.15, 0.2) is 5.82 Å². The summed E-state index contributed by atoms with van der Waals surface area (Å²) in [6.07, 6.45) is 0.303. The molecule has 0 aliphatic carbocycles. The maximum atomic E-state index is 11.4. The van der Waals surface area contributed by atoms with E-state index in [9.17, 15) is 4.79 Å². The van der Waals surface area contributed by atoms with Crippen molar-refractivity contribution in [3.8, 4) is 0 Å². The van der Waals surface area contributed by atoms with Crippen LogP contribution in [0.1, 0.15) is 39.8 Å². The molecule has 0 fully saturated rings. The van der Waals surface area contributed by atoms with Gasteiger partial charge in [0.1, 0.15) is 0 Å². The number of hydrogen-bond donors (Lipinski definition) is 3. The van der Waals surface area contributed by atoms with Gasteiger partial charge in [-0.2, -0.15) is 5.10 Å². The highest BCUT2D eigenvalue weighted by atomic mass is 16.1. The van der Waals surface area contributed by atoms with E-state index in [1.807, 2.05) is 6.07 Å². The number of nitrogens with two attached hydrogens (primary N) is 1. The molecule has 5 nitrogen and oxygen atoms in total. The lowest BCUT2D eigenvalue weighted by atomic mass is 9.92. The molecule has 1 heterocycles. The first-order chi connectivity index (χ1) is 7.29. The van der Waals surface area contributed by atoms with E-state index in [0.29, 0.717) is 12.2 Å². The Bertz CT molecular complexity index is 362. The summed E-state index contributed by atoms with van der Waals surface area (Å²) in [5.41, 5.74) is 6.52. The molecule has 4 N–H and O–H groups in total. The van der Waals surface area contributed by atoms with Crippen LogP contribution in [-0.4, -0.2) is 22.1 Å². The molecular formula is C11H20N4O. The maximum Gasteiger partial charge on any atom is 0.227 e. The monoisotopic (exact) mass is 224 g/mol. The number of amides is 1. The van der Waals surface area contributed by atoms with Crippen molar-refractivity contribution in [2.24, 2.45) is 5.73 Å². The first-order valence-electron chi connectivity index (χ1n) is 5.40. The van der Waals surface area contributed by atoms with E-state index in [2.05, 4.69) is 36.3 Å². The van der Waals surface area contributed by atoms with Crippen molar-refractivity contribution in [1.82, 2.24) is 10.2 Å². The van der Waals surface area contributed by atoms with Gasteiger partial charge in [0.25, 0.3) is 0 Å². The third-order valence-corrected chi connectivity index (χ3v) is 2.16. The molecule has 0 saturated carbocycles. The number of aromatic nitrogens is 2. The van der Waals surface area contributed by atoms with Crippen LogP contribution >= 0.6 is 0 Å². The molecular weight excluding hydrogens is 204 g/mol. The van der Waals surface area contributed by atoms with Crippen molar-refractivity contribution in [2.45, 2.75) is 45.6 Å². The summed E-state index contributed by atoms with van der Waals surface area (Å²) in [6.45, 7) is 8.03. The minimum absolute atomic E-state index is 0.00284. The molecule has 1 atom stereocenters. The average molecular weight is 224 g/mol. The summed E-state index contributed by atoms with van der Waals surface area (Å²) in [7, 11) is 0. The van der Waals surface area contributed by atoms with Gasteiger partial charge >= 0.3 is 0 Å². The number of nitrogens with zero attached hydrogens (tertiary/aromatic N) is 1. The third-order valence-electron chi connectivity index (χ3n) is 2.16. The topological polar surface area (TPSA) is 83.8 Å². The van der Waals surface area contributed by atoms with Crippen LogP contribution in [0.15, 0.2) is 6.07 Å². The Morgan fingerprint density at radius 1 is 1.62 bits per heavy atom.